The third kappa shape index (κ3) is 2.25. The summed E-state index contributed by atoms with van der Waals surface area (Å²) in [5.74, 6) is -0.314. The number of thiophene rings is 1. The van der Waals surface area contributed by atoms with E-state index in [0.717, 1.165) is 15.8 Å². The van der Waals surface area contributed by atoms with Gasteiger partial charge in [-0.15, -0.1) is 11.3 Å². The monoisotopic (exact) mass is 250 g/mol. The molecule has 2 rings (SSSR count). The molecule has 0 aliphatic carbocycles. The van der Waals surface area contributed by atoms with Crippen LogP contribution < -0.4 is 11.1 Å². The number of anilines is 1. The van der Waals surface area contributed by atoms with Crippen LogP contribution in [-0.2, 0) is 4.74 Å². The Balaban J connectivity index is 2.52. The molecule has 0 spiro atoms. The number of carbonyl (C=O) groups is 1. The molecule has 3 N–H and O–H groups in total. The highest BCUT2D eigenvalue weighted by Gasteiger charge is 2.18. The van der Waals surface area contributed by atoms with Crippen LogP contribution in [0, 0.1) is 0 Å². The second kappa shape index (κ2) is 5.16. The molecule has 1 heterocycles. The van der Waals surface area contributed by atoms with E-state index in [1.54, 1.807) is 0 Å². The highest BCUT2D eigenvalue weighted by atomic mass is 32.1. The molecule has 1 aromatic heterocycles. The van der Waals surface area contributed by atoms with Gasteiger partial charge in [0, 0.05) is 23.2 Å². The molecule has 1 aromatic carbocycles. The molecule has 4 nitrogen and oxygen atoms in total. The lowest BCUT2D eigenvalue weighted by Gasteiger charge is -2.05. The quantitative estimate of drug-likeness (QED) is 0.815. The Hall–Kier alpha value is -1.59. The smallest absolute Gasteiger partial charge is 0.350 e. The highest BCUT2D eigenvalue weighted by molar-refractivity contribution is 7.21. The number of rotatable bonds is 4. The van der Waals surface area contributed by atoms with Gasteiger partial charge in [0.15, 0.2) is 0 Å². The van der Waals surface area contributed by atoms with Crippen LogP contribution in [0.2, 0.25) is 0 Å². The first kappa shape index (κ1) is 11.9. The van der Waals surface area contributed by atoms with Crippen LogP contribution in [0.15, 0.2) is 24.3 Å². The second-order valence-electron chi connectivity index (χ2n) is 3.51. The van der Waals surface area contributed by atoms with Gasteiger partial charge in [0.1, 0.15) is 4.88 Å². The normalized spacial score (nSPS) is 10.5. The number of benzene rings is 1. The standard InChI is InChI=1S/C12H14N2O2S/c1-16-12(15)11-10(14-7-6-13)8-4-2-3-5-9(8)17-11/h2-5,14H,6-7,13H2,1H3. The van der Waals surface area contributed by atoms with Crippen molar-refractivity contribution in [3.8, 4) is 0 Å². The van der Waals surface area contributed by atoms with Gasteiger partial charge < -0.3 is 15.8 Å². The molecule has 17 heavy (non-hydrogen) atoms. The van der Waals surface area contributed by atoms with Crippen molar-refractivity contribution in [2.24, 2.45) is 5.73 Å². The van der Waals surface area contributed by atoms with E-state index in [9.17, 15) is 4.79 Å². The third-order valence-corrected chi connectivity index (χ3v) is 3.56. The summed E-state index contributed by atoms with van der Waals surface area (Å²) in [5, 5.41) is 4.22. The number of nitrogens with two attached hydrogens (primary N) is 1. The highest BCUT2D eigenvalue weighted by Crippen LogP contribution is 2.35. The zero-order valence-electron chi connectivity index (χ0n) is 9.53. The molecule has 0 unspecified atom stereocenters. The van der Waals surface area contributed by atoms with Gasteiger partial charge in [0.2, 0.25) is 0 Å². The second-order valence-corrected chi connectivity index (χ2v) is 4.56. The molecule has 0 atom stereocenters. The van der Waals surface area contributed by atoms with Gasteiger partial charge in [-0.25, -0.2) is 4.79 Å². The minimum Gasteiger partial charge on any atom is -0.465 e. The third-order valence-electron chi connectivity index (χ3n) is 2.41. The Morgan fingerprint density at radius 2 is 2.24 bits per heavy atom. The summed E-state index contributed by atoms with van der Waals surface area (Å²) in [6, 6.07) is 7.87. The first-order chi connectivity index (χ1) is 8.27. The lowest BCUT2D eigenvalue weighted by atomic mass is 10.2. The predicted octanol–water partition coefficient (Wildman–Crippen LogP) is 2.06. The van der Waals surface area contributed by atoms with Gasteiger partial charge in [-0.1, -0.05) is 18.2 Å². The lowest BCUT2D eigenvalue weighted by molar-refractivity contribution is 0.0607. The Kier molecular flexibility index (Phi) is 3.61. The largest absolute Gasteiger partial charge is 0.465 e. The molecular weight excluding hydrogens is 236 g/mol. The summed E-state index contributed by atoms with van der Waals surface area (Å²) in [7, 11) is 1.39. The molecule has 5 heteroatoms. The molecular formula is C12H14N2O2S. The average Bonchev–Trinajstić information content (AvgIpc) is 2.74. The number of hydrogen-bond donors (Lipinski definition) is 2. The van der Waals surface area contributed by atoms with E-state index in [4.69, 9.17) is 10.5 Å². The van der Waals surface area contributed by atoms with E-state index in [2.05, 4.69) is 5.32 Å². The summed E-state index contributed by atoms with van der Waals surface area (Å²) in [5.41, 5.74) is 6.29. The van der Waals surface area contributed by atoms with Crippen LogP contribution in [0.25, 0.3) is 10.1 Å². The number of methoxy groups -OCH3 is 1. The van der Waals surface area contributed by atoms with Crippen molar-refractivity contribution >= 4 is 33.1 Å². The van der Waals surface area contributed by atoms with Crippen molar-refractivity contribution in [2.45, 2.75) is 0 Å². The zero-order chi connectivity index (χ0) is 12.3. The van der Waals surface area contributed by atoms with Crippen LogP contribution in [0.5, 0.6) is 0 Å². The summed E-state index contributed by atoms with van der Waals surface area (Å²) in [4.78, 5) is 12.3. The fraction of sp³-hybridized carbons (Fsp3) is 0.250. The number of esters is 1. The Bertz CT molecular complexity index is 536. The van der Waals surface area contributed by atoms with Crippen molar-refractivity contribution in [3.63, 3.8) is 0 Å². The Morgan fingerprint density at radius 3 is 2.94 bits per heavy atom. The summed E-state index contributed by atoms with van der Waals surface area (Å²) in [6.07, 6.45) is 0. The van der Waals surface area contributed by atoms with E-state index in [-0.39, 0.29) is 5.97 Å². The molecule has 0 amide bonds. The van der Waals surface area contributed by atoms with E-state index < -0.39 is 0 Å². The van der Waals surface area contributed by atoms with Crippen LogP contribution in [0.1, 0.15) is 9.67 Å². The summed E-state index contributed by atoms with van der Waals surface area (Å²) >= 11 is 1.43. The Morgan fingerprint density at radius 1 is 1.47 bits per heavy atom. The first-order valence-electron chi connectivity index (χ1n) is 5.31. The van der Waals surface area contributed by atoms with Gasteiger partial charge in [-0.2, -0.15) is 0 Å². The van der Waals surface area contributed by atoms with Crippen LogP contribution >= 0.6 is 11.3 Å². The fourth-order valence-electron chi connectivity index (χ4n) is 1.65. The van der Waals surface area contributed by atoms with Gasteiger partial charge in [-0.3, -0.25) is 0 Å². The molecule has 0 fully saturated rings. The maximum absolute atomic E-state index is 11.7. The molecule has 2 aromatic rings. The van der Waals surface area contributed by atoms with Gasteiger partial charge >= 0.3 is 5.97 Å². The van der Waals surface area contributed by atoms with Gasteiger partial charge in [-0.05, 0) is 6.07 Å². The topological polar surface area (TPSA) is 64.3 Å². The van der Waals surface area contributed by atoms with Crippen molar-refractivity contribution < 1.29 is 9.53 Å². The number of hydrogen-bond acceptors (Lipinski definition) is 5. The van der Waals surface area contributed by atoms with Gasteiger partial charge in [0.25, 0.3) is 0 Å². The fourth-order valence-corrected chi connectivity index (χ4v) is 2.75. The average molecular weight is 250 g/mol. The summed E-state index contributed by atoms with van der Waals surface area (Å²) in [6.45, 7) is 1.15. The van der Waals surface area contributed by atoms with Crippen molar-refractivity contribution in [2.75, 3.05) is 25.5 Å². The van der Waals surface area contributed by atoms with Crippen LogP contribution in [0.4, 0.5) is 5.69 Å². The predicted molar refractivity (Wildman–Crippen MR) is 70.7 cm³/mol. The SMILES string of the molecule is COC(=O)c1sc2ccccc2c1NCCN. The zero-order valence-corrected chi connectivity index (χ0v) is 10.3. The van der Waals surface area contributed by atoms with E-state index >= 15 is 0 Å². The minimum atomic E-state index is -0.314. The summed E-state index contributed by atoms with van der Waals surface area (Å²) < 4.78 is 5.85. The molecule has 90 valence electrons. The maximum Gasteiger partial charge on any atom is 0.350 e. The van der Waals surface area contributed by atoms with Gasteiger partial charge in [0.05, 0.1) is 12.8 Å². The van der Waals surface area contributed by atoms with Crippen LogP contribution in [-0.4, -0.2) is 26.2 Å². The van der Waals surface area contributed by atoms with Crippen molar-refractivity contribution in [1.82, 2.24) is 0 Å². The number of fused-ring (bicyclic) bond motifs is 1. The van der Waals surface area contributed by atoms with E-state index in [0.29, 0.717) is 18.0 Å². The van der Waals surface area contributed by atoms with E-state index in [1.807, 2.05) is 24.3 Å². The number of ether oxygens (including phenoxy) is 1. The van der Waals surface area contributed by atoms with Crippen LogP contribution in [0.3, 0.4) is 0 Å². The number of nitrogens with one attached hydrogen (secondary N) is 1. The lowest BCUT2D eigenvalue weighted by Crippen LogP contribution is -2.14. The minimum absolute atomic E-state index is 0.314. The first-order valence-corrected chi connectivity index (χ1v) is 6.13. The molecule has 0 saturated carbocycles. The van der Waals surface area contributed by atoms with E-state index in [1.165, 1.54) is 18.4 Å². The van der Waals surface area contributed by atoms with Crippen molar-refractivity contribution in [1.29, 1.82) is 0 Å². The van der Waals surface area contributed by atoms with Crippen molar-refractivity contribution in [3.05, 3.63) is 29.1 Å². The molecule has 0 aliphatic heterocycles. The maximum atomic E-state index is 11.7. The molecule has 0 bridgehead atoms. The molecule has 0 aliphatic rings. The molecule has 0 radical (unpaired) electrons. The number of carbonyl (C=O) groups excluding carboxylic acids is 1. The molecule has 0 saturated heterocycles. The Labute approximate surface area is 103 Å².